The molecule has 0 atom stereocenters. The Hall–Kier alpha value is -2.24. The summed E-state index contributed by atoms with van der Waals surface area (Å²) in [5.41, 5.74) is 4.18. The minimum atomic E-state index is 0.458. The van der Waals surface area contributed by atoms with Gasteiger partial charge in [0.2, 0.25) is 0 Å². The van der Waals surface area contributed by atoms with Crippen LogP contribution in [0.5, 0.6) is 11.5 Å². The maximum Gasteiger partial charge on any atom is 0.171 e. The number of benzene rings is 3. The summed E-state index contributed by atoms with van der Waals surface area (Å²) in [4.78, 5) is 0. The molecule has 28 heavy (non-hydrogen) atoms. The zero-order valence-electron chi connectivity index (χ0n) is 15.5. The standard InChI is InChI=1S/C23H21Br2NO2/c1-27-21-13-12-20(26-15-17-8-4-2-5-9-17)19(14-22(24)25)23(21)28-16-18-10-6-3-7-11-18/h2-14,26H,15-16H2,1H3. The number of rotatable bonds is 8. The number of nitrogens with one attached hydrogen (secondary N) is 1. The van der Waals surface area contributed by atoms with Crippen LogP contribution in [0.4, 0.5) is 5.69 Å². The molecule has 0 aliphatic heterocycles. The van der Waals surface area contributed by atoms with Crippen LogP contribution in [-0.4, -0.2) is 7.11 Å². The van der Waals surface area contributed by atoms with Crippen LogP contribution in [0.3, 0.4) is 0 Å². The highest BCUT2D eigenvalue weighted by Crippen LogP contribution is 2.39. The molecule has 3 rings (SSSR count). The van der Waals surface area contributed by atoms with E-state index in [9.17, 15) is 0 Å². The SMILES string of the molecule is COc1ccc(NCc2ccccc2)c(C=C(Br)Br)c1OCc1ccccc1. The first kappa shape index (κ1) is 20.5. The van der Waals surface area contributed by atoms with Gasteiger partial charge in [0.25, 0.3) is 0 Å². The van der Waals surface area contributed by atoms with Crippen molar-refractivity contribution in [3.8, 4) is 11.5 Å². The van der Waals surface area contributed by atoms with E-state index in [-0.39, 0.29) is 0 Å². The predicted molar refractivity (Wildman–Crippen MR) is 123 cm³/mol. The summed E-state index contributed by atoms with van der Waals surface area (Å²) >= 11 is 6.94. The average Bonchev–Trinajstić information content (AvgIpc) is 2.72. The van der Waals surface area contributed by atoms with Crippen molar-refractivity contribution in [3.63, 3.8) is 0 Å². The van der Waals surface area contributed by atoms with Gasteiger partial charge in [0.15, 0.2) is 11.5 Å². The van der Waals surface area contributed by atoms with Crippen molar-refractivity contribution >= 4 is 43.6 Å². The Morgan fingerprint density at radius 3 is 2.14 bits per heavy atom. The number of ether oxygens (including phenoxy) is 2. The molecule has 5 heteroatoms. The van der Waals surface area contributed by atoms with E-state index in [1.807, 2.05) is 66.7 Å². The molecule has 0 spiro atoms. The Bertz CT molecular complexity index is 924. The molecule has 0 bridgehead atoms. The van der Waals surface area contributed by atoms with Gasteiger partial charge in [0.05, 0.1) is 10.5 Å². The van der Waals surface area contributed by atoms with E-state index in [1.165, 1.54) is 5.56 Å². The minimum absolute atomic E-state index is 0.458. The quantitative estimate of drug-likeness (QED) is 0.360. The first-order chi connectivity index (χ1) is 13.7. The molecule has 0 radical (unpaired) electrons. The molecule has 0 aromatic heterocycles. The fourth-order valence-corrected chi connectivity index (χ4v) is 3.28. The zero-order chi connectivity index (χ0) is 19.8. The van der Waals surface area contributed by atoms with Crippen molar-refractivity contribution in [2.75, 3.05) is 12.4 Å². The van der Waals surface area contributed by atoms with Crippen molar-refractivity contribution < 1.29 is 9.47 Å². The van der Waals surface area contributed by atoms with E-state index >= 15 is 0 Å². The zero-order valence-corrected chi connectivity index (χ0v) is 18.7. The van der Waals surface area contributed by atoms with E-state index in [4.69, 9.17) is 9.47 Å². The van der Waals surface area contributed by atoms with Crippen molar-refractivity contribution in [2.24, 2.45) is 0 Å². The molecule has 3 aromatic carbocycles. The van der Waals surface area contributed by atoms with Gasteiger partial charge >= 0.3 is 0 Å². The second-order valence-electron chi connectivity index (χ2n) is 6.11. The molecule has 0 amide bonds. The highest BCUT2D eigenvalue weighted by molar-refractivity contribution is 9.28. The van der Waals surface area contributed by atoms with E-state index in [0.717, 1.165) is 20.2 Å². The summed E-state index contributed by atoms with van der Waals surface area (Å²) in [5, 5.41) is 3.50. The summed E-state index contributed by atoms with van der Waals surface area (Å²) in [5.74, 6) is 1.38. The molecule has 0 saturated heterocycles. The lowest BCUT2D eigenvalue weighted by molar-refractivity contribution is 0.284. The minimum Gasteiger partial charge on any atom is -0.493 e. The summed E-state index contributed by atoms with van der Waals surface area (Å²) in [7, 11) is 1.65. The van der Waals surface area contributed by atoms with Crippen molar-refractivity contribution in [1.29, 1.82) is 0 Å². The molecule has 0 fully saturated rings. The monoisotopic (exact) mass is 501 g/mol. The van der Waals surface area contributed by atoms with Gasteiger partial charge in [0.1, 0.15) is 6.61 Å². The van der Waals surface area contributed by atoms with Crippen LogP contribution in [0.2, 0.25) is 0 Å². The number of methoxy groups -OCH3 is 1. The molecule has 3 nitrogen and oxygen atoms in total. The van der Waals surface area contributed by atoms with Crippen molar-refractivity contribution in [1.82, 2.24) is 0 Å². The van der Waals surface area contributed by atoms with Gasteiger partial charge in [-0.15, -0.1) is 0 Å². The van der Waals surface area contributed by atoms with Crippen LogP contribution in [0.25, 0.3) is 6.08 Å². The topological polar surface area (TPSA) is 30.5 Å². The lowest BCUT2D eigenvalue weighted by Gasteiger charge is -2.18. The maximum absolute atomic E-state index is 6.19. The third-order valence-corrected chi connectivity index (χ3v) is 4.64. The second kappa shape index (κ2) is 10.3. The first-order valence-electron chi connectivity index (χ1n) is 8.85. The lowest BCUT2D eigenvalue weighted by Crippen LogP contribution is -2.05. The van der Waals surface area contributed by atoms with Gasteiger partial charge in [-0.1, -0.05) is 60.7 Å². The van der Waals surface area contributed by atoms with Gasteiger partial charge < -0.3 is 14.8 Å². The Kier molecular flexibility index (Phi) is 7.57. The fraction of sp³-hybridized carbons (Fsp3) is 0.130. The number of halogens is 2. The number of anilines is 1. The normalized spacial score (nSPS) is 10.2. The Morgan fingerprint density at radius 2 is 1.54 bits per heavy atom. The van der Waals surface area contributed by atoms with Crippen LogP contribution >= 0.6 is 31.9 Å². The predicted octanol–water partition coefficient (Wildman–Crippen LogP) is 6.97. The van der Waals surface area contributed by atoms with E-state index in [0.29, 0.717) is 24.7 Å². The highest BCUT2D eigenvalue weighted by Gasteiger charge is 2.15. The summed E-state index contributed by atoms with van der Waals surface area (Å²) in [6, 6.07) is 24.3. The smallest absolute Gasteiger partial charge is 0.171 e. The molecule has 0 aliphatic rings. The van der Waals surface area contributed by atoms with Crippen LogP contribution in [0, 0.1) is 0 Å². The molecular weight excluding hydrogens is 482 g/mol. The molecule has 0 unspecified atom stereocenters. The molecule has 0 heterocycles. The van der Waals surface area contributed by atoms with Gasteiger partial charge in [0, 0.05) is 17.8 Å². The highest BCUT2D eigenvalue weighted by atomic mass is 79.9. The third kappa shape index (κ3) is 5.63. The maximum atomic E-state index is 6.19. The van der Waals surface area contributed by atoms with Gasteiger partial charge in [-0.05, 0) is 61.2 Å². The van der Waals surface area contributed by atoms with Crippen molar-refractivity contribution in [2.45, 2.75) is 13.2 Å². The van der Waals surface area contributed by atoms with Gasteiger partial charge in [-0.25, -0.2) is 0 Å². The van der Waals surface area contributed by atoms with Gasteiger partial charge in [-0.2, -0.15) is 0 Å². The van der Waals surface area contributed by atoms with E-state index < -0.39 is 0 Å². The largest absolute Gasteiger partial charge is 0.493 e. The van der Waals surface area contributed by atoms with E-state index in [1.54, 1.807) is 7.11 Å². The molecule has 144 valence electrons. The molecule has 0 aliphatic carbocycles. The van der Waals surface area contributed by atoms with Crippen LogP contribution in [0.1, 0.15) is 16.7 Å². The molecule has 3 aromatic rings. The number of hydrogen-bond donors (Lipinski definition) is 1. The molecular formula is C23H21Br2NO2. The molecule has 1 N–H and O–H groups in total. The first-order valence-corrected chi connectivity index (χ1v) is 10.4. The summed E-state index contributed by atoms with van der Waals surface area (Å²) in [6.45, 7) is 1.17. The Labute approximate surface area is 182 Å². The fourth-order valence-electron chi connectivity index (χ4n) is 2.82. The van der Waals surface area contributed by atoms with Crippen LogP contribution in [-0.2, 0) is 13.2 Å². The van der Waals surface area contributed by atoms with Crippen LogP contribution < -0.4 is 14.8 Å². The Balaban J connectivity index is 1.91. The second-order valence-corrected chi connectivity index (χ2v) is 8.88. The third-order valence-electron chi connectivity index (χ3n) is 4.19. The van der Waals surface area contributed by atoms with E-state index in [2.05, 4.69) is 49.3 Å². The number of hydrogen-bond acceptors (Lipinski definition) is 3. The van der Waals surface area contributed by atoms with Crippen LogP contribution in [0.15, 0.2) is 76.2 Å². The lowest BCUT2D eigenvalue weighted by atomic mass is 10.1. The van der Waals surface area contributed by atoms with Crippen molar-refractivity contribution in [3.05, 3.63) is 92.9 Å². The Morgan fingerprint density at radius 1 is 0.893 bits per heavy atom. The average molecular weight is 503 g/mol. The summed E-state index contributed by atoms with van der Waals surface area (Å²) in [6.07, 6.45) is 1.97. The van der Waals surface area contributed by atoms with Gasteiger partial charge in [-0.3, -0.25) is 0 Å². The summed E-state index contributed by atoms with van der Waals surface area (Å²) < 4.78 is 12.6. The molecule has 0 saturated carbocycles.